The van der Waals surface area contributed by atoms with Crippen molar-refractivity contribution in [1.29, 1.82) is 0 Å². The van der Waals surface area contributed by atoms with Gasteiger partial charge in [-0.1, -0.05) is 12.1 Å². The number of amides is 1. The first kappa shape index (κ1) is 12.0. The zero-order chi connectivity index (χ0) is 13.1. The monoisotopic (exact) mass is 250 g/mol. The lowest BCUT2D eigenvalue weighted by Crippen LogP contribution is -2.27. The summed E-state index contributed by atoms with van der Waals surface area (Å²) in [5.74, 6) is -0.897. The van der Waals surface area contributed by atoms with Crippen LogP contribution in [0.1, 0.15) is 29.0 Å². The zero-order valence-corrected chi connectivity index (χ0v) is 9.55. The van der Waals surface area contributed by atoms with Gasteiger partial charge in [0.05, 0.1) is 6.04 Å². The molecule has 2 rings (SSSR count). The molecule has 1 aromatic carbocycles. The van der Waals surface area contributed by atoms with Gasteiger partial charge in [0.25, 0.3) is 5.91 Å². The van der Waals surface area contributed by atoms with Crippen molar-refractivity contribution in [2.75, 3.05) is 5.73 Å². The lowest BCUT2D eigenvalue weighted by Gasteiger charge is -2.13. The smallest absolute Gasteiger partial charge is 0.277 e. The highest BCUT2D eigenvalue weighted by molar-refractivity contribution is 5.96. The normalized spacial score (nSPS) is 12.1. The lowest BCUT2D eigenvalue weighted by atomic mass is 10.1. The Morgan fingerprint density at radius 3 is 2.61 bits per heavy atom. The molecule has 0 fully saturated rings. The standard InChI is InChI=1S/C11H11FN4O2/c1-6(7-2-4-8(12)5-3-7)14-11(17)9-10(13)16-18-15-9/h2-6H,1H3,(H2,13,16)(H,14,17). The van der Waals surface area contributed by atoms with E-state index in [-0.39, 0.29) is 23.4 Å². The molecule has 0 spiro atoms. The van der Waals surface area contributed by atoms with Crippen molar-refractivity contribution in [3.63, 3.8) is 0 Å². The van der Waals surface area contributed by atoms with E-state index in [0.717, 1.165) is 5.56 Å². The van der Waals surface area contributed by atoms with Gasteiger partial charge in [-0.15, -0.1) is 0 Å². The van der Waals surface area contributed by atoms with Gasteiger partial charge in [0, 0.05) is 0 Å². The van der Waals surface area contributed by atoms with Crippen LogP contribution in [0, 0.1) is 5.82 Å². The van der Waals surface area contributed by atoms with Crippen LogP contribution in [0.3, 0.4) is 0 Å². The van der Waals surface area contributed by atoms with Crippen LogP contribution in [-0.4, -0.2) is 16.2 Å². The molecule has 0 saturated heterocycles. The van der Waals surface area contributed by atoms with Gasteiger partial charge in [0.2, 0.25) is 11.5 Å². The van der Waals surface area contributed by atoms with E-state index in [2.05, 4.69) is 20.3 Å². The second-order valence-electron chi connectivity index (χ2n) is 3.74. The summed E-state index contributed by atoms with van der Waals surface area (Å²) in [6.45, 7) is 1.76. The van der Waals surface area contributed by atoms with E-state index in [1.54, 1.807) is 19.1 Å². The summed E-state index contributed by atoms with van der Waals surface area (Å²) >= 11 is 0. The van der Waals surface area contributed by atoms with Gasteiger partial charge in [-0.3, -0.25) is 4.79 Å². The van der Waals surface area contributed by atoms with Crippen molar-refractivity contribution in [3.8, 4) is 0 Å². The molecule has 0 saturated carbocycles. The third-order valence-electron chi connectivity index (χ3n) is 2.45. The Bertz CT molecular complexity index is 552. The first-order valence-electron chi connectivity index (χ1n) is 5.22. The summed E-state index contributed by atoms with van der Waals surface area (Å²) in [7, 11) is 0. The fourth-order valence-electron chi connectivity index (χ4n) is 1.45. The minimum atomic E-state index is -0.495. The molecule has 1 atom stereocenters. The highest BCUT2D eigenvalue weighted by Crippen LogP contribution is 2.14. The Morgan fingerprint density at radius 1 is 1.39 bits per heavy atom. The molecular weight excluding hydrogens is 239 g/mol. The second kappa shape index (κ2) is 4.82. The minimum Gasteiger partial charge on any atom is -0.379 e. The van der Waals surface area contributed by atoms with E-state index >= 15 is 0 Å². The number of carbonyl (C=O) groups excluding carboxylic acids is 1. The quantitative estimate of drug-likeness (QED) is 0.855. The molecule has 1 amide bonds. The number of carbonyl (C=O) groups is 1. The third-order valence-corrected chi connectivity index (χ3v) is 2.45. The fraction of sp³-hybridized carbons (Fsp3) is 0.182. The highest BCUT2D eigenvalue weighted by atomic mass is 19.1. The number of nitrogens with zero attached hydrogens (tertiary/aromatic N) is 2. The van der Waals surface area contributed by atoms with Crippen LogP contribution in [0.5, 0.6) is 0 Å². The van der Waals surface area contributed by atoms with Crippen molar-refractivity contribution in [1.82, 2.24) is 15.6 Å². The second-order valence-corrected chi connectivity index (χ2v) is 3.74. The third kappa shape index (κ3) is 2.45. The lowest BCUT2D eigenvalue weighted by molar-refractivity contribution is 0.0930. The van der Waals surface area contributed by atoms with Crippen LogP contribution in [0.2, 0.25) is 0 Å². The molecule has 3 N–H and O–H groups in total. The van der Waals surface area contributed by atoms with E-state index < -0.39 is 5.91 Å². The van der Waals surface area contributed by atoms with Gasteiger partial charge in [0.15, 0.2) is 0 Å². The Labute approximate surface area is 102 Å². The van der Waals surface area contributed by atoms with Crippen molar-refractivity contribution in [2.45, 2.75) is 13.0 Å². The van der Waals surface area contributed by atoms with Crippen LogP contribution in [0.25, 0.3) is 0 Å². The zero-order valence-electron chi connectivity index (χ0n) is 9.55. The molecule has 0 aliphatic carbocycles. The topological polar surface area (TPSA) is 94.0 Å². The van der Waals surface area contributed by atoms with Gasteiger partial charge in [-0.25, -0.2) is 9.02 Å². The Kier molecular flexibility index (Phi) is 3.22. The number of benzene rings is 1. The van der Waals surface area contributed by atoms with E-state index in [9.17, 15) is 9.18 Å². The molecule has 0 aliphatic heterocycles. The average molecular weight is 250 g/mol. The van der Waals surface area contributed by atoms with Gasteiger partial charge >= 0.3 is 0 Å². The van der Waals surface area contributed by atoms with Crippen LogP contribution in [0.4, 0.5) is 10.2 Å². The summed E-state index contributed by atoms with van der Waals surface area (Å²) in [5.41, 5.74) is 6.10. The average Bonchev–Trinajstić information content (AvgIpc) is 2.76. The van der Waals surface area contributed by atoms with Gasteiger partial charge in [0.1, 0.15) is 5.82 Å². The molecule has 7 heteroatoms. The maximum Gasteiger partial charge on any atom is 0.277 e. The molecule has 94 valence electrons. The van der Waals surface area contributed by atoms with Crippen LogP contribution in [-0.2, 0) is 0 Å². The van der Waals surface area contributed by atoms with Crippen LogP contribution >= 0.6 is 0 Å². The molecule has 2 aromatic rings. The number of nitrogens with two attached hydrogens (primary N) is 1. The van der Waals surface area contributed by atoms with E-state index in [4.69, 9.17) is 5.73 Å². The number of anilines is 1. The van der Waals surface area contributed by atoms with Crippen LogP contribution < -0.4 is 11.1 Å². The predicted octanol–water partition coefficient (Wildman–Crippen LogP) is 1.28. The molecule has 0 bridgehead atoms. The van der Waals surface area contributed by atoms with E-state index in [1.165, 1.54) is 12.1 Å². The van der Waals surface area contributed by atoms with Crippen molar-refractivity contribution in [2.24, 2.45) is 0 Å². The van der Waals surface area contributed by atoms with Gasteiger partial charge in [-0.05, 0) is 34.9 Å². The molecule has 1 aromatic heterocycles. The largest absolute Gasteiger partial charge is 0.379 e. The molecule has 0 radical (unpaired) electrons. The summed E-state index contributed by atoms with van der Waals surface area (Å²) in [6.07, 6.45) is 0. The minimum absolute atomic E-state index is 0.0658. The molecule has 1 unspecified atom stereocenters. The SMILES string of the molecule is CC(NC(=O)c1nonc1N)c1ccc(F)cc1. The molecular formula is C11H11FN4O2. The maximum atomic E-state index is 12.8. The van der Waals surface area contributed by atoms with E-state index in [0.29, 0.717) is 0 Å². The first-order chi connectivity index (χ1) is 8.58. The first-order valence-corrected chi connectivity index (χ1v) is 5.22. The van der Waals surface area contributed by atoms with Crippen LogP contribution in [0.15, 0.2) is 28.9 Å². The predicted molar refractivity (Wildman–Crippen MR) is 61.0 cm³/mol. The molecule has 6 nitrogen and oxygen atoms in total. The van der Waals surface area contributed by atoms with Crippen molar-refractivity contribution >= 4 is 11.7 Å². The number of nitrogens with one attached hydrogen (secondary N) is 1. The summed E-state index contributed by atoms with van der Waals surface area (Å²) in [5, 5.41) is 9.36. The number of halogens is 1. The number of hydrogen-bond donors (Lipinski definition) is 2. The molecule has 18 heavy (non-hydrogen) atoms. The molecule has 1 heterocycles. The molecule has 0 aliphatic rings. The van der Waals surface area contributed by atoms with Gasteiger partial charge in [-0.2, -0.15) is 0 Å². The highest BCUT2D eigenvalue weighted by Gasteiger charge is 2.18. The van der Waals surface area contributed by atoms with E-state index in [1.807, 2.05) is 0 Å². The van der Waals surface area contributed by atoms with Crippen molar-refractivity contribution in [3.05, 3.63) is 41.3 Å². The summed E-state index contributed by atoms with van der Waals surface area (Å²) in [6, 6.07) is 5.51. The summed E-state index contributed by atoms with van der Waals surface area (Å²) in [4.78, 5) is 11.7. The fourth-order valence-corrected chi connectivity index (χ4v) is 1.45. The Hall–Kier alpha value is -2.44. The number of aromatic nitrogens is 2. The maximum absolute atomic E-state index is 12.8. The number of hydrogen-bond acceptors (Lipinski definition) is 5. The summed E-state index contributed by atoms with van der Waals surface area (Å²) < 4.78 is 17.1. The van der Waals surface area contributed by atoms with Crippen molar-refractivity contribution < 1.29 is 13.8 Å². The number of nitrogen functional groups attached to an aromatic ring is 1. The number of rotatable bonds is 3. The Morgan fingerprint density at radius 2 is 2.06 bits per heavy atom. The Balaban J connectivity index is 2.08. The van der Waals surface area contributed by atoms with Gasteiger partial charge < -0.3 is 11.1 Å².